The highest BCUT2D eigenvalue weighted by Crippen LogP contribution is 2.22. The highest BCUT2D eigenvalue weighted by molar-refractivity contribution is 6.02. The van der Waals surface area contributed by atoms with Gasteiger partial charge in [-0.1, -0.05) is 50.6 Å². The molecule has 0 radical (unpaired) electrons. The zero-order valence-corrected chi connectivity index (χ0v) is 13.8. The van der Waals surface area contributed by atoms with E-state index in [-0.39, 0.29) is 11.3 Å². The number of aryl methyl sites for hydroxylation is 1. The average molecular weight is 273 g/mol. The van der Waals surface area contributed by atoms with Crippen LogP contribution in [-0.2, 0) is 4.79 Å². The highest BCUT2D eigenvalue weighted by atomic mass is 16.1. The van der Waals surface area contributed by atoms with Crippen molar-refractivity contribution in [2.45, 2.75) is 54.0 Å². The van der Waals surface area contributed by atoms with Crippen LogP contribution < -0.4 is 5.32 Å². The maximum absolute atomic E-state index is 12.6. The third-order valence-electron chi connectivity index (χ3n) is 2.82. The molecule has 20 heavy (non-hydrogen) atoms. The molecule has 2 nitrogen and oxygen atoms in total. The van der Waals surface area contributed by atoms with Crippen LogP contribution in [0.3, 0.4) is 0 Å². The first-order valence-electron chi connectivity index (χ1n) is 7.10. The number of nitrogens with one attached hydrogen (secondary N) is 1. The van der Waals surface area contributed by atoms with E-state index in [0.29, 0.717) is 5.70 Å². The molecule has 0 aliphatic carbocycles. The summed E-state index contributed by atoms with van der Waals surface area (Å²) < 4.78 is 0. The first-order chi connectivity index (χ1) is 8.99. The van der Waals surface area contributed by atoms with Gasteiger partial charge in [0.15, 0.2) is 5.78 Å². The Morgan fingerprint density at radius 2 is 1.50 bits per heavy atom. The lowest BCUT2D eigenvalue weighted by Gasteiger charge is -2.27. The Bertz CT molecular complexity index is 496. The minimum Gasteiger partial charge on any atom is -0.378 e. The second-order valence-electron chi connectivity index (χ2n) is 7.42. The van der Waals surface area contributed by atoms with Crippen LogP contribution in [-0.4, -0.2) is 11.3 Å². The van der Waals surface area contributed by atoms with Crippen molar-refractivity contribution in [3.63, 3.8) is 0 Å². The third kappa shape index (κ3) is 5.20. The van der Waals surface area contributed by atoms with Gasteiger partial charge in [-0.05, 0) is 39.3 Å². The van der Waals surface area contributed by atoms with E-state index in [2.05, 4.69) is 45.1 Å². The molecule has 0 aromatic heterocycles. The maximum atomic E-state index is 12.6. The molecule has 1 aromatic carbocycles. The van der Waals surface area contributed by atoms with Crippen molar-refractivity contribution >= 4 is 11.9 Å². The van der Waals surface area contributed by atoms with Crippen molar-refractivity contribution in [3.8, 4) is 0 Å². The Hall–Kier alpha value is -1.57. The Morgan fingerprint density at radius 1 is 1.00 bits per heavy atom. The molecule has 0 bridgehead atoms. The molecule has 0 saturated carbocycles. The Balaban J connectivity index is 3.16. The summed E-state index contributed by atoms with van der Waals surface area (Å²) in [6, 6.07) is 8.19. The fourth-order valence-corrected chi connectivity index (χ4v) is 1.80. The van der Waals surface area contributed by atoms with E-state index >= 15 is 0 Å². The number of allylic oxidation sites excluding steroid dienone is 1. The summed E-state index contributed by atoms with van der Waals surface area (Å²) in [5.41, 5.74) is 2.40. The van der Waals surface area contributed by atoms with Gasteiger partial charge in [-0.2, -0.15) is 0 Å². The van der Waals surface area contributed by atoms with E-state index in [1.165, 1.54) is 5.56 Å². The lowest BCUT2D eigenvalue weighted by Crippen LogP contribution is -2.40. The fourth-order valence-electron chi connectivity index (χ4n) is 1.80. The van der Waals surface area contributed by atoms with Crippen molar-refractivity contribution in [1.82, 2.24) is 5.32 Å². The van der Waals surface area contributed by atoms with Crippen molar-refractivity contribution < 1.29 is 4.79 Å². The van der Waals surface area contributed by atoms with Gasteiger partial charge in [-0.25, -0.2) is 0 Å². The van der Waals surface area contributed by atoms with Gasteiger partial charge in [0.05, 0.1) is 5.70 Å². The minimum absolute atomic E-state index is 0.132. The van der Waals surface area contributed by atoms with Crippen LogP contribution in [0.25, 0.3) is 6.08 Å². The minimum atomic E-state index is -0.394. The summed E-state index contributed by atoms with van der Waals surface area (Å²) >= 11 is 0. The van der Waals surface area contributed by atoms with Gasteiger partial charge < -0.3 is 5.32 Å². The van der Waals surface area contributed by atoms with Crippen LogP contribution in [0, 0.1) is 12.3 Å². The molecule has 0 saturated heterocycles. The van der Waals surface area contributed by atoms with Gasteiger partial charge in [0.1, 0.15) is 0 Å². The molecule has 1 aromatic rings. The predicted molar refractivity (Wildman–Crippen MR) is 86.5 cm³/mol. The number of ketones is 1. The Labute approximate surface area is 123 Å². The maximum Gasteiger partial charge on any atom is 0.183 e. The molecular formula is C18H27NO. The molecule has 2 heteroatoms. The Morgan fingerprint density at radius 3 is 1.90 bits per heavy atom. The second-order valence-corrected chi connectivity index (χ2v) is 7.42. The molecule has 0 amide bonds. The van der Waals surface area contributed by atoms with E-state index < -0.39 is 5.41 Å². The molecule has 1 N–H and O–H groups in total. The van der Waals surface area contributed by atoms with Gasteiger partial charge in [-0.15, -0.1) is 0 Å². The second kappa shape index (κ2) is 5.82. The number of carbonyl (C=O) groups excluding carboxylic acids is 1. The van der Waals surface area contributed by atoms with Gasteiger partial charge in [-0.3, -0.25) is 4.79 Å². The monoisotopic (exact) mass is 273 g/mol. The largest absolute Gasteiger partial charge is 0.378 e. The van der Waals surface area contributed by atoms with Crippen LogP contribution in [0.5, 0.6) is 0 Å². The number of Topliss-reactive ketones (excluding diaryl/α,β-unsaturated/α-hetero) is 1. The molecule has 0 spiro atoms. The van der Waals surface area contributed by atoms with Crippen LogP contribution in [0.1, 0.15) is 52.7 Å². The third-order valence-corrected chi connectivity index (χ3v) is 2.82. The molecule has 0 atom stereocenters. The first kappa shape index (κ1) is 16.5. The smallest absolute Gasteiger partial charge is 0.183 e. The zero-order valence-electron chi connectivity index (χ0n) is 13.8. The first-order valence-corrected chi connectivity index (χ1v) is 7.10. The van der Waals surface area contributed by atoms with Crippen LogP contribution in [0.15, 0.2) is 30.0 Å². The summed E-state index contributed by atoms with van der Waals surface area (Å²) in [5, 5.41) is 3.34. The number of benzene rings is 1. The van der Waals surface area contributed by atoms with Crippen molar-refractivity contribution in [3.05, 3.63) is 41.1 Å². The predicted octanol–water partition coefficient (Wildman–Crippen LogP) is 4.34. The lowest BCUT2D eigenvalue weighted by atomic mass is 9.87. The normalized spacial score (nSPS) is 13.2. The van der Waals surface area contributed by atoms with Gasteiger partial charge in [0, 0.05) is 11.0 Å². The van der Waals surface area contributed by atoms with Crippen LogP contribution >= 0.6 is 0 Å². The number of carbonyl (C=O) groups is 1. The van der Waals surface area contributed by atoms with E-state index in [0.717, 1.165) is 5.56 Å². The number of hydrogen-bond donors (Lipinski definition) is 1. The number of hydrogen-bond acceptors (Lipinski definition) is 2. The van der Waals surface area contributed by atoms with Crippen molar-refractivity contribution in [2.75, 3.05) is 0 Å². The molecule has 0 aliphatic heterocycles. The number of rotatable bonds is 3. The van der Waals surface area contributed by atoms with E-state index in [1.807, 2.05) is 39.0 Å². The van der Waals surface area contributed by atoms with E-state index in [4.69, 9.17) is 0 Å². The average Bonchev–Trinajstić information content (AvgIpc) is 2.27. The molecule has 0 unspecified atom stereocenters. The SMILES string of the molecule is Cc1ccc(/C=C(/NC(C)(C)C)C(=O)C(C)(C)C)cc1. The summed E-state index contributed by atoms with van der Waals surface area (Å²) in [7, 11) is 0. The summed E-state index contributed by atoms with van der Waals surface area (Å²) in [6.07, 6.45) is 1.94. The summed E-state index contributed by atoms with van der Waals surface area (Å²) in [4.78, 5) is 12.6. The van der Waals surface area contributed by atoms with Crippen LogP contribution in [0.2, 0.25) is 0 Å². The van der Waals surface area contributed by atoms with Crippen LogP contribution in [0.4, 0.5) is 0 Å². The molecule has 110 valence electrons. The van der Waals surface area contributed by atoms with Gasteiger partial charge in [0.25, 0.3) is 0 Å². The standard InChI is InChI=1S/C18H27NO/c1-13-8-10-14(11-9-13)12-15(19-18(5,6)7)16(20)17(2,3)4/h8-12,19H,1-7H3/b15-12+. The van der Waals surface area contributed by atoms with Crippen molar-refractivity contribution in [1.29, 1.82) is 0 Å². The highest BCUT2D eigenvalue weighted by Gasteiger charge is 2.27. The molecule has 0 aliphatic rings. The summed E-state index contributed by atoms with van der Waals surface area (Å²) in [5.74, 6) is 0.132. The quantitative estimate of drug-likeness (QED) is 0.830. The topological polar surface area (TPSA) is 29.1 Å². The van der Waals surface area contributed by atoms with Crippen molar-refractivity contribution in [2.24, 2.45) is 5.41 Å². The zero-order chi connectivity index (χ0) is 15.6. The Kier molecular flexibility index (Phi) is 4.80. The van der Waals surface area contributed by atoms with Gasteiger partial charge in [0.2, 0.25) is 0 Å². The lowest BCUT2D eigenvalue weighted by molar-refractivity contribution is -0.122. The van der Waals surface area contributed by atoms with Gasteiger partial charge >= 0.3 is 0 Å². The van der Waals surface area contributed by atoms with E-state index in [9.17, 15) is 4.79 Å². The molecule has 0 heterocycles. The fraction of sp³-hybridized carbons (Fsp3) is 0.500. The molecule has 0 fully saturated rings. The van der Waals surface area contributed by atoms with E-state index in [1.54, 1.807) is 0 Å². The molecular weight excluding hydrogens is 246 g/mol. The molecule has 1 rings (SSSR count). The summed E-state index contributed by atoms with van der Waals surface area (Å²) in [6.45, 7) is 14.1.